The zero-order chi connectivity index (χ0) is 12.2. The second-order valence-corrected chi connectivity index (χ2v) is 3.91. The molecule has 0 radical (unpaired) electrons. The quantitative estimate of drug-likeness (QED) is 0.751. The van der Waals surface area contributed by atoms with Crippen LogP contribution < -0.4 is 5.73 Å². The van der Waals surface area contributed by atoms with E-state index in [2.05, 4.69) is 0 Å². The molecule has 7 heteroatoms. The lowest BCUT2D eigenvalue weighted by Crippen LogP contribution is -2.50. The Balaban J connectivity index is 2.45. The smallest absolute Gasteiger partial charge is 0.382 e. The van der Waals surface area contributed by atoms with Gasteiger partial charge in [0.05, 0.1) is 13.2 Å². The SMILES string of the molecule is NCC1(OCC(O)C(F)(F)F)CCCOC1. The molecule has 1 fully saturated rings. The van der Waals surface area contributed by atoms with Crippen molar-refractivity contribution in [3.63, 3.8) is 0 Å². The molecule has 2 unspecified atom stereocenters. The van der Waals surface area contributed by atoms with Gasteiger partial charge in [0.25, 0.3) is 0 Å². The average molecular weight is 243 g/mol. The molecule has 16 heavy (non-hydrogen) atoms. The molecule has 0 aromatic rings. The topological polar surface area (TPSA) is 64.7 Å². The molecule has 0 aromatic carbocycles. The van der Waals surface area contributed by atoms with Gasteiger partial charge in [0.1, 0.15) is 5.60 Å². The molecule has 1 aliphatic rings. The average Bonchev–Trinajstić information content (AvgIpc) is 2.26. The third kappa shape index (κ3) is 3.58. The van der Waals surface area contributed by atoms with Crippen LogP contribution in [0.4, 0.5) is 13.2 Å². The Hall–Kier alpha value is -0.370. The van der Waals surface area contributed by atoms with E-state index in [9.17, 15) is 13.2 Å². The molecule has 96 valence electrons. The summed E-state index contributed by atoms with van der Waals surface area (Å²) in [6.07, 6.45) is -5.89. The van der Waals surface area contributed by atoms with Crippen molar-refractivity contribution in [2.75, 3.05) is 26.4 Å². The van der Waals surface area contributed by atoms with Gasteiger partial charge in [0.15, 0.2) is 6.10 Å². The summed E-state index contributed by atoms with van der Waals surface area (Å²) >= 11 is 0. The highest BCUT2D eigenvalue weighted by molar-refractivity contribution is 4.85. The molecule has 0 aromatic heterocycles. The normalized spacial score (nSPS) is 29.1. The van der Waals surface area contributed by atoms with E-state index in [0.29, 0.717) is 19.4 Å². The van der Waals surface area contributed by atoms with Gasteiger partial charge in [-0.3, -0.25) is 0 Å². The molecular weight excluding hydrogens is 227 g/mol. The minimum Gasteiger partial charge on any atom is -0.382 e. The van der Waals surface area contributed by atoms with E-state index in [4.69, 9.17) is 20.3 Å². The van der Waals surface area contributed by atoms with Gasteiger partial charge in [-0.25, -0.2) is 0 Å². The van der Waals surface area contributed by atoms with E-state index in [1.165, 1.54) is 0 Å². The van der Waals surface area contributed by atoms with Crippen LogP contribution in [-0.4, -0.2) is 49.4 Å². The predicted octanol–water partition coefficient (Wildman–Crippen LogP) is 0.434. The van der Waals surface area contributed by atoms with Gasteiger partial charge < -0.3 is 20.3 Å². The fraction of sp³-hybridized carbons (Fsp3) is 1.00. The maximum absolute atomic E-state index is 12.0. The molecule has 0 saturated carbocycles. The van der Waals surface area contributed by atoms with Crippen LogP contribution in [0.2, 0.25) is 0 Å². The zero-order valence-electron chi connectivity index (χ0n) is 8.79. The van der Waals surface area contributed by atoms with Crippen molar-refractivity contribution in [1.29, 1.82) is 0 Å². The first kappa shape index (κ1) is 13.7. The number of halogens is 3. The maximum Gasteiger partial charge on any atom is 0.416 e. The molecule has 1 saturated heterocycles. The number of ether oxygens (including phenoxy) is 2. The maximum atomic E-state index is 12.0. The molecular formula is C9H16F3NO3. The lowest BCUT2D eigenvalue weighted by atomic mass is 9.96. The third-order valence-electron chi connectivity index (χ3n) is 2.58. The van der Waals surface area contributed by atoms with Gasteiger partial charge in [-0.1, -0.05) is 0 Å². The molecule has 1 heterocycles. The van der Waals surface area contributed by atoms with Crippen LogP contribution in [0, 0.1) is 0 Å². The molecule has 4 nitrogen and oxygen atoms in total. The van der Waals surface area contributed by atoms with Gasteiger partial charge in [0, 0.05) is 13.2 Å². The van der Waals surface area contributed by atoms with E-state index in [0.717, 1.165) is 0 Å². The summed E-state index contributed by atoms with van der Waals surface area (Å²) in [6, 6.07) is 0. The summed E-state index contributed by atoms with van der Waals surface area (Å²) in [7, 11) is 0. The summed E-state index contributed by atoms with van der Waals surface area (Å²) in [4.78, 5) is 0. The van der Waals surface area contributed by atoms with Gasteiger partial charge in [-0.05, 0) is 12.8 Å². The first-order valence-corrected chi connectivity index (χ1v) is 5.06. The number of aliphatic hydroxyl groups is 1. The van der Waals surface area contributed by atoms with Crippen LogP contribution in [-0.2, 0) is 9.47 Å². The molecule has 0 aliphatic carbocycles. The zero-order valence-corrected chi connectivity index (χ0v) is 8.79. The Morgan fingerprint density at radius 1 is 1.50 bits per heavy atom. The van der Waals surface area contributed by atoms with E-state index in [-0.39, 0.29) is 13.2 Å². The first-order chi connectivity index (χ1) is 7.40. The van der Waals surface area contributed by atoms with E-state index >= 15 is 0 Å². The number of hydrogen-bond donors (Lipinski definition) is 2. The molecule has 1 rings (SSSR count). The van der Waals surface area contributed by atoms with Crippen LogP contribution >= 0.6 is 0 Å². The lowest BCUT2D eigenvalue weighted by Gasteiger charge is -2.36. The van der Waals surface area contributed by atoms with Gasteiger partial charge in [0.2, 0.25) is 0 Å². The fourth-order valence-corrected chi connectivity index (χ4v) is 1.51. The Bertz CT molecular complexity index is 217. The van der Waals surface area contributed by atoms with Crippen LogP contribution in [0.15, 0.2) is 0 Å². The van der Waals surface area contributed by atoms with Gasteiger partial charge >= 0.3 is 6.18 Å². The number of hydrogen-bond acceptors (Lipinski definition) is 4. The second-order valence-electron chi connectivity index (χ2n) is 3.91. The second kappa shape index (κ2) is 5.31. The Morgan fingerprint density at radius 2 is 2.19 bits per heavy atom. The van der Waals surface area contributed by atoms with Crippen LogP contribution in [0.25, 0.3) is 0 Å². The van der Waals surface area contributed by atoms with E-state index in [1.54, 1.807) is 0 Å². The Kier molecular flexibility index (Phi) is 4.54. The molecule has 1 aliphatic heterocycles. The summed E-state index contributed by atoms with van der Waals surface area (Å²) in [6.45, 7) is 0.0165. The minimum atomic E-state index is -4.66. The summed E-state index contributed by atoms with van der Waals surface area (Å²) in [5.41, 5.74) is 4.58. The van der Waals surface area contributed by atoms with Crippen molar-refractivity contribution in [1.82, 2.24) is 0 Å². The van der Waals surface area contributed by atoms with E-state index < -0.39 is 24.5 Å². The first-order valence-electron chi connectivity index (χ1n) is 5.06. The molecule has 3 N–H and O–H groups in total. The van der Waals surface area contributed by atoms with Crippen molar-refractivity contribution in [2.45, 2.75) is 30.7 Å². The van der Waals surface area contributed by atoms with Crippen molar-refractivity contribution in [2.24, 2.45) is 5.73 Å². The van der Waals surface area contributed by atoms with Crippen molar-refractivity contribution in [3.8, 4) is 0 Å². The summed E-state index contributed by atoms with van der Waals surface area (Å²) in [5.74, 6) is 0. The lowest BCUT2D eigenvalue weighted by molar-refractivity contribution is -0.234. The summed E-state index contributed by atoms with van der Waals surface area (Å²) in [5, 5.41) is 8.79. The number of aliphatic hydroxyl groups excluding tert-OH is 1. The molecule has 0 bridgehead atoms. The number of alkyl halides is 3. The molecule has 0 spiro atoms. The van der Waals surface area contributed by atoms with Crippen LogP contribution in [0.3, 0.4) is 0 Å². The highest BCUT2D eigenvalue weighted by atomic mass is 19.4. The monoisotopic (exact) mass is 243 g/mol. The third-order valence-corrected chi connectivity index (χ3v) is 2.58. The Morgan fingerprint density at radius 3 is 2.62 bits per heavy atom. The highest BCUT2D eigenvalue weighted by Gasteiger charge is 2.41. The standard InChI is InChI=1S/C9H16F3NO3/c10-9(11,12)7(14)4-16-8(5-13)2-1-3-15-6-8/h7,14H,1-6,13H2. The summed E-state index contributed by atoms with van der Waals surface area (Å²) < 4.78 is 46.3. The molecule has 2 atom stereocenters. The predicted molar refractivity (Wildman–Crippen MR) is 49.9 cm³/mol. The number of rotatable bonds is 4. The fourth-order valence-electron chi connectivity index (χ4n) is 1.51. The van der Waals surface area contributed by atoms with E-state index in [1.807, 2.05) is 0 Å². The van der Waals surface area contributed by atoms with Gasteiger partial charge in [-0.2, -0.15) is 13.2 Å². The van der Waals surface area contributed by atoms with Crippen molar-refractivity contribution >= 4 is 0 Å². The largest absolute Gasteiger partial charge is 0.416 e. The van der Waals surface area contributed by atoms with Crippen LogP contribution in [0.5, 0.6) is 0 Å². The van der Waals surface area contributed by atoms with Crippen molar-refractivity contribution in [3.05, 3.63) is 0 Å². The minimum absolute atomic E-state index is 0.0809. The Labute approximate surface area is 91.5 Å². The highest BCUT2D eigenvalue weighted by Crippen LogP contribution is 2.25. The van der Waals surface area contributed by atoms with Crippen molar-refractivity contribution < 1.29 is 27.8 Å². The molecule has 0 amide bonds. The van der Waals surface area contributed by atoms with Gasteiger partial charge in [-0.15, -0.1) is 0 Å². The number of nitrogens with two attached hydrogens (primary N) is 1. The van der Waals surface area contributed by atoms with Crippen LogP contribution in [0.1, 0.15) is 12.8 Å².